The first-order chi connectivity index (χ1) is 18.0. The van der Waals surface area contributed by atoms with Crippen LogP contribution in [0.2, 0.25) is 0 Å². The van der Waals surface area contributed by atoms with Gasteiger partial charge in [-0.3, -0.25) is 24.6 Å². The number of imide groups is 1. The minimum absolute atomic E-state index is 0.152. The first-order valence-corrected chi connectivity index (χ1v) is 13.3. The molecule has 1 atom stereocenters. The van der Waals surface area contributed by atoms with E-state index >= 15 is 0 Å². The number of rotatable bonds is 5. The molecule has 0 spiro atoms. The second-order valence-corrected chi connectivity index (χ2v) is 10.7. The Balaban J connectivity index is 1.25. The number of pyridine rings is 1. The smallest absolute Gasteiger partial charge is 0.255 e. The Morgan fingerprint density at radius 3 is 2.62 bits per heavy atom. The molecule has 0 saturated carbocycles. The number of likely N-dealkylation sites (tertiary alicyclic amines) is 1. The Labute approximate surface area is 214 Å². The van der Waals surface area contributed by atoms with Crippen molar-refractivity contribution in [2.75, 3.05) is 26.2 Å². The van der Waals surface area contributed by atoms with E-state index in [9.17, 15) is 14.4 Å². The maximum atomic E-state index is 13.1. The zero-order chi connectivity index (χ0) is 25.1. The Kier molecular flexibility index (Phi) is 5.37. The molecule has 37 heavy (non-hydrogen) atoms. The normalized spacial score (nSPS) is 22.5. The van der Waals surface area contributed by atoms with Gasteiger partial charge in [0.1, 0.15) is 11.7 Å². The van der Waals surface area contributed by atoms with Crippen molar-refractivity contribution in [1.82, 2.24) is 30.0 Å². The van der Waals surface area contributed by atoms with Crippen LogP contribution in [0, 0.1) is 0 Å². The summed E-state index contributed by atoms with van der Waals surface area (Å²) in [5.41, 5.74) is 5.70. The van der Waals surface area contributed by atoms with Gasteiger partial charge in [-0.25, -0.2) is 4.98 Å². The van der Waals surface area contributed by atoms with E-state index in [4.69, 9.17) is 4.98 Å². The molecule has 3 aromatic rings. The molecular weight excluding hydrogens is 468 g/mol. The SMILES string of the molecule is O=C1CCC(N2Cc3cc(-c4cc(CN5CCCC5)c5ccn(C6CNC6)c5n4)ccc3C2=O)C(=O)N1. The van der Waals surface area contributed by atoms with Crippen molar-refractivity contribution in [2.24, 2.45) is 0 Å². The van der Waals surface area contributed by atoms with Crippen LogP contribution >= 0.6 is 0 Å². The summed E-state index contributed by atoms with van der Waals surface area (Å²) in [5.74, 6) is -0.815. The maximum absolute atomic E-state index is 13.1. The van der Waals surface area contributed by atoms with Crippen molar-refractivity contribution in [3.8, 4) is 11.3 Å². The quantitative estimate of drug-likeness (QED) is 0.524. The molecule has 9 heteroatoms. The zero-order valence-corrected chi connectivity index (χ0v) is 20.7. The molecule has 0 bridgehead atoms. The van der Waals surface area contributed by atoms with Gasteiger partial charge < -0.3 is 14.8 Å². The summed E-state index contributed by atoms with van der Waals surface area (Å²) in [4.78, 5) is 46.4. The van der Waals surface area contributed by atoms with Gasteiger partial charge in [0.2, 0.25) is 11.8 Å². The van der Waals surface area contributed by atoms with Gasteiger partial charge in [-0.05, 0) is 67.7 Å². The average molecular weight is 499 g/mol. The van der Waals surface area contributed by atoms with Gasteiger partial charge in [0.15, 0.2) is 0 Å². The van der Waals surface area contributed by atoms with Crippen LogP contribution in [0.25, 0.3) is 22.3 Å². The van der Waals surface area contributed by atoms with Crippen LogP contribution in [0.1, 0.15) is 53.2 Å². The first kappa shape index (κ1) is 22.6. The standard InChI is InChI=1S/C28H30N6O3/c35-25-6-5-24(27(36)31-25)34-16-18-11-17(3-4-22(18)28(34)37)23-12-19(15-32-8-1-2-9-32)21-7-10-33(26(21)30-23)20-13-29-14-20/h3-4,7,10-12,20,24,29H,1-2,5-6,8-9,13-16H2,(H,31,35,36). The highest BCUT2D eigenvalue weighted by Gasteiger charge is 2.39. The van der Waals surface area contributed by atoms with E-state index in [1.807, 2.05) is 18.2 Å². The second kappa shape index (κ2) is 8.78. The lowest BCUT2D eigenvalue weighted by atomic mass is 10.0. The molecule has 3 saturated heterocycles. The molecule has 190 valence electrons. The van der Waals surface area contributed by atoms with Crippen molar-refractivity contribution in [3.63, 3.8) is 0 Å². The highest BCUT2D eigenvalue weighted by molar-refractivity contribution is 6.05. The number of fused-ring (bicyclic) bond motifs is 2. The van der Waals surface area contributed by atoms with Crippen LogP contribution in [0.5, 0.6) is 0 Å². The number of carbonyl (C=O) groups is 3. The van der Waals surface area contributed by atoms with Gasteiger partial charge in [-0.15, -0.1) is 0 Å². The van der Waals surface area contributed by atoms with E-state index in [1.165, 1.54) is 23.8 Å². The molecule has 3 fully saturated rings. The number of nitrogens with zero attached hydrogens (tertiary/aromatic N) is 4. The number of nitrogens with one attached hydrogen (secondary N) is 2. The Morgan fingerprint density at radius 1 is 1.03 bits per heavy atom. The van der Waals surface area contributed by atoms with Crippen LogP contribution in [0.15, 0.2) is 36.5 Å². The molecular formula is C28H30N6O3. The predicted molar refractivity (Wildman–Crippen MR) is 138 cm³/mol. The molecule has 4 aliphatic rings. The van der Waals surface area contributed by atoms with Crippen molar-refractivity contribution in [2.45, 2.75) is 50.9 Å². The molecule has 4 aliphatic heterocycles. The first-order valence-electron chi connectivity index (χ1n) is 13.3. The van der Waals surface area contributed by atoms with Gasteiger partial charge in [-0.2, -0.15) is 0 Å². The monoisotopic (exact) mass is 498 g/mol. The molecule has 2 N–H and O–H groups in total. The summed E-state index contributed by atoms with van der Waals surface area (Å²) in [5, 5.41) is 6.95. The summed E-state index contributed by atoms with van der Waals surface area (Å²) in [7, 11) is 0. The van der Waals surface area contributed by atoms with E-state index in [1.54, 1.807) is 4.90 Å². The molecule has 0 radical (unpaired) electrons. The fraction of sp³-hybridized carbons (Fsp3) is 0.429. The highest BCUT2D eigenvalue weighted by atomic mass is 16.2. The van der Waals surface area contributed by atoms with Gasteiger partial charge in [0.25, 0.3) is 5.91 Å². The number of piperidine rings is 1. The topological polar surface area (TPSA) is 99.6 Å². The number of hydrogen-bond donors (Lipinski definition) is 2. The molecule has 1 unspecified atom stereocenters. The Hall–Kier alpha value is -3.56. The van der Waals surface area contributed by atoms with Gasteiger partial charge >= 0.3 is 0 Å². The minimum atomic E-state index is -0.609. The highest BCUT2D eigenvalue weighted by Crippen LogP contribution is 2.33. The predicted octanol–water partition coefficient (Wildman–Crippen LogP) is 2.20. The van der Waals surface area contributed by atoms with Crippen LogP contribution in [0.3, 0.4) is 0 Å². The summed E-state index contributed by atoms with van der Waals surface area (Å²) in [6, 6.07) is 10.1. The molecule has 9 nitrogen and oxygen atoms in total. The van der Waals surface area contributed by atoms with Crippen molar-refractivity contribution < 1.29 is 14.4 Å². The molecule has 2 aromatic heterocycles. The number of benzene rings is 1. The Bertz CT molecular complexity index is 1440. The van der Waals surface area contributed by atoms with Gasteiger partial charge in [0, 0.05) is 55.3 Å². The molecule has 1 aromatic carbocycles. The summed E-state index contributed by atoms with van der Waals surface area (Å²) in [6.07, 6.45) is 5.28. The second-order valence-electron chi connectivity index (χ2n) is 10.7. The third kappa shape index (κ3) is 3.84. The summed E-state index contributed by atoms with van der Waals surface area (Å²) in [6.45, 7) is 5.43. The molecule has 6 heterocycles. The number of hydrogen-bond acceptors (Lipinski definition) is 6. The van der Waals surface area contributed by atoms with Gasteiger partial charge in [-0.1, -0.05) is 6.07 Å². The van der Waals surface area contributed by atoms with Crippen molar-refractivity contribution in [1.29, 1.82) is 0 Å². The van der Waals surface area contributed by atoms with Crippen LogP contribution in [-0.4, -0.2) is 69.3 Å². The van der Waals surface area contributed by atoms with Crippen molar-refractivity contribution >= 4 is 28.8 Å². The van der Waals surface area contributed by atoms with E-state index < -0.39 is 6.04 Å². The third-order valence-corrected chi connectivity index (χ3v) is 8.34. The number of aromatic nitrogens is 2. The third-order valence-electron chi connectivity index (χ3n) is 8.34. The number of carbonyl (C=O) groups excluding carboxylic acids is 3. The van der Waals surface area contributed by atoms with E-state index in [2.05, 4.69) is 38.4 Å². The van der Waals surface area contributed by atoms with Gasteiger partial charge in [0.05, 0.1) is 11.7 Å². The minimum Gasteiger partial charge on any atom is -0.327 e. The summed E-state index contributed by atoms with van der Waals surface area (Å²) < 4.78 is 2.30. The Morgan fingerprint density at radius 2 is 1.86 bits per heavy atom. The van der Waals surface area contributed by atoms with E-state index in [-0.39, 0.29) is 24.1 Å². The fourth-order valence-electron chi connectivity index (χ4n) is 6.16. The largest absolute Gasteiger partial charge is 0.327 e. The van der Waals surface area contributed by atoms with Crippen LogP contribution in [-0.2, 0) is 22.7 Å². The number of amides is 3. The molecule has 3 amide bonds. The summed E-state index contributed by atoms with van der Waals surface area (Å²) >= 11 is 0. The lowest BCUT2D eigenvalue weighted by Gasteiger charge is -2.29. The molecule has 0 aliphatic carbocycles. The molecule has 7 rings (SSSR count). The van der Waals surface area contributed by atoms with Crippen molar-refractivity contribution in [3.05, 3.63) is 53.2 Å². The average Bonchev–Trinajstić information content (AvgIpc) is 3.58. The lowest BCUT2D eigenvalue weighted by Crippen LogP contribution is -2.52. The lowest BCUT2D eigenvalue weighted by molar-refractivity contribution is -0.136. The van der Waals surface area contributed by atoms with Crippen LogP contribution in [0.4, 0.5) is 0 Å². The zero-order valence-electron chi connectivity index (χ0n) is 20.7. The van der Waals surface area contributed by atoms with E-state index in [0.29, 0.717) is 24.6 Å². The maximum Gasteiger partial charge on any atom is 0.255 e. The fourth-order valence-corrected chi connectivity index (χ4v) is 6.16. The van der Waals surface area contributed by atoms with E-state index in [0.717, 1.165) is 55.2 Å². The van der Waals surface area contributed by atoms with Crippen LogP contribution < -0.4 is 10.6 Å².